The highest BCUT2D eigenvalue weighted by molar-refractivity contribution is 6.30. The summed E-state index contributed by atoms with van der Waals surface area (Å²) in [5, 5.41) is 14.4. The molecule has 0 radical (unpaired) electrons. The molecule has 0 fully saturated rings. The van der Waals surface area contributed by atoms with Gasteiger partial charge in [0.2, 0.25) is 5.82 Å². The zero-order valence-electron chi connectivity index (χ0n) is 10.7. The fraction of sp³-hybridized carbons (Fsp3) is 0.0667. The lowest BCUT2D eigenvalue weighted by Gasteiger charge is -2.00. The third-order valence-electron chi connectivity index (χ3n) is 2.89. The average molecular weight is 287 g/mol. The molecule has 0 aliphatic heterocycles. The number of phenols is 1. The minimum Gasteiger partial charge on any atom is -0.507 e. The van der Waals surface area contributed by atoms with Crippen LogP contribution in [-0.2, 0) is 0 Å². The first-order valence-electron chi connectivity index (χ1n) is 6.03. The summed E-state index contributed by atoms with van der Waals surface area (Å²) in [6.45, 7) is 1.93. The highest BCUT2D eigenvalue weighted by Crippen LogP contribution is 2.30. The van der Waals surface area contributed by atoms with Crippen LogP contribution < -0.4 is 0 Å². The Morgan fingerprint density at radius 3 is 2.80 bits per heavy atom. The number of nitrogens with zero attached hydrogens (tertiary/aromatic N) is 2. The van der Waals surface area contributed by atoms with Crippen LogP contribution >= 0.6 is 11.6 Å². The van der Waals surface area contributed by atoms with E-state index in [-0.39, 0.29) is 11.6 Å². The van der Waals surface area contributed by atoms with Crippen LogP contribution in [0.4, 0.5) is 0 Å². The highest BCUT2D eigenvalue weighted by Gasteiger charge is 2.14. The van der Waals surface area contributed by atoms with Crippen LogP contribution in [0.5, 0.6) is 5.75 Å². The molecule has 1 aromatic heterocycles. The van der Waals surface area contributed by atoms with Crippen molar-refractivity contribution in [3.05, 3.63) is 53.1 Å². The molecule has 5 heteroatoms. The van der Waals surface area contributed by atoms with Crippen molar-refractivity contribution in [2.45, 2.75) is 6.92 Å². The van der Waals surface area contributed by atoms with E-state index in [1.165, 1.54) is 0 Å². The van der Waals surface area contributed by atoms with Crippen molar-refractivity contribution in [2.24, 2.45) is 0 Å². The quantitative estimate of drug-likeness (QED) is 0.771. The van der Waals surface area contributed by atoms with E-state index < -0.39 is 0 Å². The van der Waals surface area contributed by atoms with Gasteiger partial charge in [-0.3, -0.25) is 0 Å². The van der Waals surface area contributed by atoms with Crippen LogP contribution in [0.15, 0.2) is 47.0 Å². The van der Waals surface area contributed by atoms with E-state index in [0.29, 0.717) is 16.4 Å². The molecule has 0 saturated heterocycles. The SMILES string of the molecule is Cc1ccc(O)c(-c2nc(-c3cccc(Cl)c3)no2)c1. The number of benzene rings is 2. The zero-order valence-corrected chi connectivity index (χ0v) is 11.4. The van der Waals surface area contributed by atoms with Gasteiger partial charge in [0.1, 0.15) is 5.75 Å². The zero-order chi connectivity index (χ0) is 14.1. The minimum absolute atomic E-state index is 0.108. The van der Waals surface area contributed by atoms with Gasteiger partial charge in [0.05, 0.1) is 5.56 Å². The molecule has 0 saturated carbocycles. The van der Waals surface area contributed by atoms with Gasteiger partial charge in [-0.25, -0.2) is 0 Å². The number of hydrogen-bond acceptors (Lipinski definition) is 4. The predicted molar refractivity (Wildman–Crippen MR) is 76.6 cm³/mol. The summed E-state index contributed by atoms with van der Waals surface area (Å²) >= 11 is 5.94. The van der Waals surface area contributed by atoms with Gasteiger partial charge in [0.15, 0.2) is 0 Å². The Bertz CT molecular complexity index is 768. The normalized spacial score (nSPS) is 10.7. The predicted octanol–water partition coefficient (Wildman–Crippen LogP) is 4.07. The lowest BCUT2D eigenvalue weighted by Crippen LogP contribution is -1.83. The minimum atomic E-state index is 0.108. The molecular formula is C15H11ClN2O2. The van der Waals surface area contributed by atoms with Gasteiger partial charge in [-0.15, -0.1) is 0 Å². The van der Waals surface area contributed by atoms with E-state index in [9.17, 15) is 5.11 Å². The van der Waals surface area contributed by atoms with Crippen molar-refractivity contribution in [3.8, 4) is 28.6 Å². The molecule has 0 unspecified atom stereocenters. The summed E-state index contributed by atoms with van der Waals surface area (Å²) in [5.74, 6) is 0.821. The summed E-state index contributed by atoms with van der Waals surface area (Å²) in [5.41, 5.74) is 2.28. The summed E-state index contributed by atoms with van der Waals surface area (Å²) in [7, 11) is 0. The molecule has 1 N–H and O–H groups in total. The Morgan fingerprint density at radius 2 is 2.00 bits per heavy atom. The van der Waals surface area contributed by atoms with Crippen molar-refractivity contribution < 1.29 is 9.63 Å². The van der Waals surface area contributed by atoms with Crippen molar-refractivity contribution in [1.82, 2.24) is 10.1 Å². The second kappa shape index (κ2) is 4.98. The Kier molecular flexibility index (Phi) is 3.16. The lowest BCUT2D eigenvalue weighted by atomic mass is 10.1. The second-order valence-electron chi connectivity index (χ2n) is 4.45. The molecule has 0 aliphatic carbocycles. The summed E-state index contributed by atoms with van der Waals surface area (Å²) in [4.78, 5) is 4.30. The first-order chi connectivity index (χ1) is 9.63. The molecule has 4 nitrogen and oxygen atoms in total. The van der Waals surface area contributed by atoms with Gasteiger partial charge in [-0.1, -0.05) is 40.5 Å². The third-order valence-corrected chi connectivity index (χ3v) is 3.13. The Morgan fingerprint density at radius 1 is 1.15 bits per heavy atom. The van der Waals surface area contributed by atoms with Crippen LogP contribution in [0, 0.1) is 6.92 Å². The molecule has 0 aliphatic rings. The standard InChI is InChI=1S/C15H11ClN2O2/c1-9-5-6-13(19)12(7-9)15-17-14(18-20-15)10-3-2-4-11(16)8-10/h2-8,19H,1H3. The molecule has 100 valence electrons. The Labute approximate surface area is 120 Å². The number of hydrogen-bond donors (Lipinski definition) is 1. The number of rotatable bonds is 2. The molecule has 2 aromatic carbocycles. The van der Waals surface area contributed by atoms with E-state index in [4.69, 9.17) is 16.1 Å². The Hall–Kier alpha value is -2.33. The van der Waals surface area contributed by atoms with Gasteiger partial charge in [0.25, 0.3) is 5.89 Å². The van der Waals surface area contributed by atoms with Crippen LogP contribution in [-0.4, -0.2) is 15.2 Å². The van der Waals surface area contributed by atoms with Gasteiger partial charge in [-0.2, -0.15) is 4.98 Å². The fourth-order valence-electron chi connectivity index (χ4n) is 1.90. The first-order valence-corrected chi connectivity index (χ1v) is 6.41. The molecule has 1 heterocycles. The van der Waals surface area contributed by atoms with Crippen molar-refractivity contribution in [2.75, 3.05) is 0 Å². The van der Waals surface area contributed by atoms with Crippen LogP contribution in [0.1, 0.15) is 5.56 Å². The molecule has 0 amide bonds. The Balaban J connectivity index is 2.04. The molecule has 3 rings (SSSR count). The van der Waals surface area contributed by atoms with Crippen LogP contribution in [0.2, 0.25) is 5.02 Å². The van der Waals surface area contributed by atoms with Crippen molar-refractivity contribution in [1.29, 1.82) is 0 Å². The summed E-state index contributed by atoms with van der Waals surface area (Å²) < 4.78 is 5.22. The van der Waals surface area contributed by atoms with Crippen molar-refractivity contribution in [3.63, 3.8) is 0 Å². The van der Waals surface area contributed by atoms with Gasteiger partial charge < -0.3 is 9.63 Å². The van der Waals surface area contributed by atoms with E-state index in [2.05, 4.69) is 10.1 Å². The summed E-state index contributed by atoms with van der Waals surface area (Å²) in [6, 6.07) is 12.4. The number of aromatic nitrogens is 2. The van der Waals surface area contributed by atoms with Crippen LogP contribution in [0.25, 0.3) is 22.8 Å². The lowest BCUT2D eigenvalue weighted by molar-refractivity contribution is 0.425. The smallest absolute Gasteiger partial charge is 0.262 e. The van der Waals surface area contributed by atoms with E-state index >= 15 is 0 Å². The molecule has 0 spiro atoms. The molecule has 20 heavy (non-hydrogen) atoms. The third kappa shape index (κ3) is 2.38. The monoisotopic (exact) mass is 286 g/mol. The maximum absolute atomic E-state index is 9.86. The van der Waals surface area contributed by atoms with E-state index in [1.807, 2.05) is 25.1 Å². The number of phenolic OH excluding ortho intramolecular Hbond substituents is 1. The van der Waals surface area contributed by atoms with E-state index in [1.54, 1.807) is 24.3 Å². The maximum Gasteiger partial charge on any atom is 0.262 e. The summed E-state index contributed by atoms with van der Waals surface area (Å²) in [6.07, 6.45) is 0. The number of halogens is 1. The van der Waals surface area contributed by atoms with E-state index in [0.717, 1.165) is 11.1 Å². The highest BCUT2D eigenvalue weighted by atomic mass is 35.5. The molecule has 0 bridgehead atoms. The molecule has 3 aromatic rings. The number of aryl methyl sites for hydroxylation is 1. The maximum atomic E-state index is 9.86. The fourth-order valence-corrected chi connectivity index (χ4v) is 2.09. The number of aromatic hydroxyl groups is 1. The molecular weight excluding hydrogens is 276 g/mol. The van der Waals surface area contributed by atoms with Gasteiger partial charge >= 0.3 is 0 Å². The largest absolute Gasteiger partial charge is 0.507 e. The van der Waals surface area contributed by atoms with Crippen molar-refractivity contribution >= 4 is 11.6 Å². The van der Waals surface area contributed by atoms with Gasteiger partial charge in [0, 0.05) is 10.6 Å². The first kappa shape index (κ1) is 12.7. The molecule has 0 atom stereocenters. The average Bonchev–Trinajstić information content (AvgIpc) is 2.91. The topological polar surface area (TPSA) is 59.2 Å². The van der Waals surface area contributed by atoms with Crippen LogP contribution in [0.3, 0.4) is 0 Å². The van der Waals surface area contributed by atoms with Gasteiger partial charge in [-0.05, 0) is 31.2 Å². The second-order valence-corrected chi connectivity index (χ2v) is 4.89.